The van der Waals surface area contributed by atoms with Crippen molar-refractivity contribution in [2.24, 2.45) is 11.8 Å². The fourth-order valence-corrected chi connectivity index (χ4v) is 3.49. The van der Waals surface area contributed by atoms with Crippen LogP contribution in [-0.2, 0) is 4.79 Å². The topological polar surface area (TPSA) is 55.8 Å². The van der Waals surface area contributed by atoms with Gasteiger partial charge in [-0.3, -0.25) is 4.79 Å². The second kappa shape index (κ2) is 6.49. The van der Waals surface area contributed by atoms with Crippen LogP contribution in [0.3, 0.4) is 0 Å². The van der Waals surface area contributed by atoms with Crippen molar-refractivity contribution >= 4 is 21.9 Å². The first kappa shape index (κ1) is 15.7. The Balaban J connectivity index is 1.95. The van der Waals surface area contributed by atoms with E-state index in [1.165, 1.54) is 12.8 Å². The van der Waals surface area contributed by atoms with Crippen LogP contribution in [0.25, 0.3) is 0 Å². The number of ether oxygens (including phenoxy) is 2. The molecule has 1 unspecified atom stereocenters. The number of methoxy groups -OCH3 is 1. The number of carboxylic acid groups (broad SMARTS) is 1. The van der Waals surface area contributed by atoms with Crippen molar-refractivity contribution in [2.75, 3.05) is 13.7 Å². The lowest BCUT2D eigenvalue weighted by atomic mass is 9.90. The Morgan fingerprint density at radius 2 is 2.09 bits per heavy atom. The van der Waals surface area contributed by atoms with Gasteiger partial charge in [-0.1, -0.05) is 15.9 Å². The number of carboxylic acids is 1. The quantitative estimate of drug-likeness (QED) is 0.746. The summed E-state index contributed by atoms with van der Waals surface area (Å²) in [4.78, 5) is 11.3. The summed E-state index contributed by atoms with van der Waals surface area (Å²) in [7, 11) is 1.63. The summed E-state index contributed by atoms with van der Waals surface area (Å²) in [5.41, 5.74) is 0.963. The van der Waals surface area contributed by atoms with E-state index in [9.17, 15) is 9.90 Å². The number of rotatable bonds is 8. The van der Waals surface area contributed by atoms with Gasteiger partial charge in [0.1, 0.15) is 0 Å². The maximum atomic E-state index is 11.3. The zero-order chi connectivity index (χ0) is 15.7. The number of aliphatic carboxylic acids is 1. The molecule has 1 aromatic carbocycles. The van der Waals surface area contributed by atoms with Crippen LogP contribution in [0.1, 0.15) is 43.6 Å². The fraction of sp³-hybridized carbons (Fsp3) is 0.588. The minimum atomic E-state index is -0.764. The highest BCUT2D eigenvalue weighted by Gasteiger charge is 2.37. The molecule has 5 heteroatoms. The van der Waals surface area contributed by atoms with E-state index >= 15 is 0 Å². The first-order valence-corrected chi connectivity index (χ1v) is 8.60. The molecule has 22 heavy (non-hydrogen) atoms. The molecular weight excluding hydrogens is 348 g/mol. The lowest BCUT2D eigenvalue weighted by Crippen LogP contribution is -2.12. The van der Waals surface area contributed by atoms with Crippen LogP contribution in [0.15, 0.2) is 16.6 Å². The fourth-order valence-electron chi connectivity index (χ4n) is 2.89. The van der Waals surface area contributed by atoms with Crippen LogP contribution in [0.4, 0.5) is 0 Å². The van der Waals surface area contributed by atoms with Gasteiger partial charge in [-0.15, -0.1) is 0 Å². The lowest BCUT2D eigenvalue weighted by Gasteiger charge is -2.22. The summed E-state index contributed by atoms with van der Waals surface area (Å²) in [6.45, 7) is 0.685. The number of carbonyl (C=O) groups is 1. The summed E-state index contributed by atoms with van der Waals surface area (Å²) in [6, 6.07) is 3.80. The molecule has 4 nitrogen and oxygen atoms in total. The molecule has 1 atom stereocenters. The van der Waals surface area contributed by atoms with Crippen LogP contribution in [0, 0.1) is 11.8 Å². The van der Waals surface area contributed by atoms with Gasteiger partial charge in [0.05, 0.1) is 20.1 Å². The Morgan fingerprint density at radius 1 is 1.36 bits per heavy atom. The number of hydrogen-bond donors (Lipinski definition) is 1. The molecule has 3 rings (SSSR count). The van der Waals surface area contributed by atoms with E-state index in [1.54, 1.807) is 7.11 Å². The van der Waals surface area contributed by atoms with Crippen molar-refractivity contribution in [1.82, 2.24) is 0 Å². The van der Waals surface area contributed by atoms with Crippen molar-refractivity contribution in [3.05, 3.63) is 22.2 Å². The molecule has 2 fully saturated rings. The van der Waals surface area contributed by atoms with Crippen molar-refractivity contribution < 1.29 is 19.4 Å². The van der Waals surface area contributed by atoms with Gasteiger partial charge in [-0.25, -0.2) is 0 Å². The standard InChI is InChI=1S/C17H21BrO4/c1-21-14-7-6-13(18)16(17(14)22-9-10-2-3-10)12(8-15(19)20)11-4-5-11/h6-7,10-12H,2-5,8-9H2,1H3,(H,19,20). The van der Waals surface area contributed by atoms with E-state index in [2.05, 4.69) is 15.9 Å². The normalized spacial score (nSPS) is 18.8. The van der Waals surface area contributed by atoms with E-state index in [1.807, 2.05) is 12.1 Å². The third-order valence-electron chi connectivity index (χ3n) is 4.44. The second-order valence-electron chi connectivity index (χ2n) is 6.29. The molecule has 0 amide bonds. The highest BCUT2D eigenvalue weighted by Crippen LogP contribution is 2.51. The molecular formula is C17H21BrO4. The number of halogens is 1. The van der Waals surface area contributed by atoms with E-state index in [0.29, 0.717) is 24.2 Å². The molecule has 120 valence electrons. The Kier molecular flexibility index (Phi) is 4.62. The highest BCUT2D eigenvalue weighted by molar-refractivity contribution is 9.10. The minimum absolute atomic E-state index is 0.0174. The van der Waals surface area contributed by atoms with Crippen LogP contribution in [-0.4, -0.2) is 24.8 Å². The molecule has 1 aromatic rings. The molecule has 2 aliphatic rings. The smallest absolute Gasteiger partial charge is 0.303 e. The highest BCUT2D eigenvalue weighted by atomic mass is 79.9. The summed E-state index contributed by atoms with van der Waals surface area (Å²) >= 11 is 3.59. The Bertz CT molecular complexity index is 564. The van der Waals surface area contributed by atoms with E-state index in [4.69, 9.17) is 9.47 Å². The van der Waals surface area contributed by atoms with E-state index in [0.717, 1.165) is 28.6 Å². The predicted molar refractivity (Wildman–Crippen MR) is 86.6 cm³/mol. The third kappa shape index (κ3) is 3.57. The van der Waals surface area contributed by atoms with Crippen LogP contribution in [0.2, 0.25) is 0 Å². The number of hydrogen-bond acceptors (Lipinski definition) is 3. The minimum Gasteiger partial charge on any atom is -0.493 e. The summed E-state index contributed by atoms with van der Waals surface area (Å²) in [5, 5.41) is 9.27. The first-order valence-electron chi connectivity index (χ1n) is 7.81. The monoisotopic (exact) mass is 368 g/mol. The molecule has 0 aromatic heterocycles. The van der Waals surface area contributed by atoms with Gasteiger partial charge in [0, 0.05) is 16.0 Å². The van der Waals surface area contributed by atoms with Gasteiger partial charge in [-0.2, -0.15) is 0 Å². The Morgan fingerprint density at radius 3 is 2.64 bits per heavy atom. The molecule has 0 bridgehead atoms. The zero-order valence-electron chi connectivity index (χ0n) is 12.7. The lowest BCUT2D eigenvalue weighted by molar-refractivity contribution is -0.137. The summed E-state index contributed by atoms with van der Waals surface area (Å²) in [5.74, 6) is 1.70. The molecule has 2 aliphatic carbocycles. The summed E-state index contributed by atoms with van der Waals surface area (Å²) < 4.78 is 12.4. The molecule has 0 heterocycles. The van der Waals surface area contributed by atoms with Crippen LogP contribution in [0.5, 0.6) is 11.5 Å². The number of benzene rings is 1. The average molecular weight is 369 g/mol. The second-order valence-corrected chi connectivity index (χ2v) is 7.14. The van der Waals surface area contributed by atoms with E-state index < -0.39 is 5.97 Å². The molecule has 0 spiro atoms. The van der Waals surface area contributed by atoms with Crippen molar-refractivity contribution in [3.63, 3.8) is 0 Å². The van der Waals surface area contributed by atoms with Crippen molar-refractivity contribution in [2.45, 2.75) is 38.0 Å². The van der Waals surface area contributed by atoms with Crippen LogP contribution < -0.4 is 9.47 Å². The van der Waals surface area contributed by atoms with Crippen LogP contribution >= 0.6 is 15.9 Å². The SMILES string of the molecule is COc1ccc(Br)c(C(CC(=O)O)C2CC2)c1OCC1CC1. The molecule has 0 radical (unpaired) electrons. The largest absolute Gasteiger partial charge is 0.493 e. The van der Waals surface area contributed by atoms with Gasteiger partial charge in [0.2, 0.25) is 0 Å². The van der Waals surface area contributed by atoms with Gasteiger partial charge in [0.25, 0.3) is 0 Å². The maximum Gasteiger partial charge on any atom is 0.303 e. The van der Waals surface area contributed by atoms with Gasteiger partial charge < -0.3 is 14.6 Å². The Labute approximate surface area is 138 Å². The van der Waals surface area contributed by atoms with Gasteiger partial charge in [0.15, 0.2) is 11.5 Å². The van der Waals surface area contributed by atoms with Crippen molar-refractivity contribution in [1.29, 1.82) is 0 Å². The predicted octanol–water partition coefficient (Wildman–Crippen LogP) is 4.21. The molecule has 1 N–H and O–H groups in total. The third-order valence-corrected chi connectivity index (χ3v) is 5.13. The molecule has 0 aliphatic heterocycles. The van der Waals surface area contributed by atoms with Crippen molar-refractivity contribution in [3.8, 4) is 11.5 Å². The Hall–Kier alpha value is -1.23. The van der Waals surface area contributed by atoms with E-state index in [-0.39, 0.29) is 12.3 Å². The van der Waals surface area contributed by atoms with Gasteiger partial charge >= 0.3 is 5.97 Å². The molecule has 0 saturated heterocycles. The maximum absolute atomic E-state index is 11.3. The first-order chi connectivity index (χ1) is 10.6. The summed E-state index contributed by atoms with van der Waals surface area (Å²) in [6.07, 6.45) is 4.74. The molecule has 2 saturated carbocycles. The zero-order valence-corrected chi connectivity index (χ0v) is 14.3. The van der Waals surface area contributed by atoms with Gasteiger partial charge in [-0.05, 0) is 49.7 Å². The average Bonchev–Trinajstić information content (AvgIpc) is 3.37.